The maximum atomic E-state index is 4.87. The lowest BCUT2D eigenvalue weighted by Gasteiger charge is -2.62. The summed E-state index contributed by atoms with van der Waals surface area (Å²) in [6, 6.07) is 11.8. The molecule has 0 heteroatoms. The molecule has 0 aliphatic heterocycles. The molecule has 0 heterocycles. The van der Waals surface area contributed by atoms with E-state index in [4.69, 9.17) is 13.2 Å². The summed E-state index contributed by atoms with van der Waals surface area (Å²) < 4.78 is 0. The highest BCUT2D eigenvalue weighted by Gasteiger charge is 2.59. The van der Waals surface area contributed by atoms with Crippen LogP contribution < -0.4 is 0 Å². The van der Waals surface area contributed by atoms with Crippen molar-refractivity contribution in [2.45, 2.75) is 94.4 Å². The van der Waals surface area contributed by atoms with Gasteiger partial charge in [0.1, 0.15) is 0 Å². The number of fused-ring (bicyclic) bond motifs is 3. The Morgan fingerprint density at radius 2 is 1.68 bits per heavy atom. The zero-order chi connectivity index (χ0) is 30.1. The van der Waals surface area contributed by atoms with Gasteiger partial charge in [-0.05, 0) is 138 Å². The van der Waals surface area contributed by atoms with Gasteiger partial charge in [-0.25, -0.2) is 0 Å². The summed E-state index contributed by atoms with van der Waals surface area (Å²) in [4.78, 5) is 0. The Labute approximate surface area is 250 Å². The SMILES string of the molecule is C=C(C)C1=C(C)C[C@@]2(C)C[C@@]3(C)Cc4c(-c5ccc(CC)c(/C=C/CC)c5)ccc(C)c4C(=C)C3=C(C)[C@@]2(C)C1=C. The van der Waals surface area contributed by atoms with Gasteiger partial charge in [-0.15, -0.1) is 0 Å². The van der Waals surface area contributed by atoms with E-state index in [9.17, 15) is 0 Å². The molecular formula is C41H50. The van der Waals surface area contributed by atoms with Crippen molar-refractivity contribution in [1.82, 2.24) is 0 Å². The van der Waals surface area contributed by atoms with Crippen LogP contribution in [0.3, 0.4) is 0 Å². The summed E-state index contributed by atoms with van der Waals surface area (Å²) in [5.74, 6) is 0. The fraction of sp³-hybridized carbons (Fsp3) is 0.415. The van der Waals surface area contributed by atoms with Crippen LogP contribution in [-0.4, -0.2) is 0 Å². The van der Waals surface area contributed by atoms with Crippen LogP contribution in [-0.2, 0) is 12.8 Å². The van der Waals surface area contributed by atoms with Crippen molar-refractivity contribution >= 4 is 11.6 Å². The van der Waals surface area contributed by atoms with Gasteiger partial charge in [-0.3, -0.25) is 0 Å². The summed E-state index contributed by atoms with van der Waals surface area (Å²) in [5.41, 5.74) is 18.8. The van der Waals surface area contributed by atoms with Crippen molar-refractivity contribution < 1.29 is 0 Å². The van der Waals surface area contributed by atoms with Crippen molar-refractivity contribution in [3.05, 3.63) is 117 Å². The van der Waals surface area contributed by atoms with Gasteiger partial charge >= 0.3 is 0 Å². The van der Waals surface area contributed by atoms with Gasteiger partial charge in [0.2, 0.25) is 0 Å². The molecule has 0 unspecified atom stereocenters. The van der Waals surface area contributed by atoms with E-state index in [-0.39, 0.29) is 16.2 Å². The van der Waals surface area contributed by atoms with E-state index in [1.54, 1.807) is 0 Å². The average Bonchev–Trinajstić information content (AvgIpc) is 2.89. The first-order valence-electron chi connectivity index (χ1n) is 15.6. The first kappa shape index (κ1) is 29.4. The van der Waals surface area contributed by atoms with Gasteiger partial charge in [0.15, 0.2) is 0 Å². The van der Waals surface area contributed by atoms with Crippen LogP contribution in [0.4, 0.5) is 0 Å². The van der Waals surface area contributed by atoms with E-state index < -0.39 is 0 Å². The van der Waals surface area contributed by atoms with Crippen molar-refractivity contribution in [3.63, 3.8) is 0 Å². The van der Waals surface area contributed by atoms with Gasteiger partial charge in [0, 0.05) is 5.41 Å². The molecule has 3 aliphatic carbocycles. The second-order valence-electron chi connectivity index (χ2n) is 14.0. The fourth-order valence-electron chi connectivity index (χ4n) is 9.29. The molecule has 214 valence electrons. The van der Waals surface area contributed by atoms with Gasteiger partial charge in [-0.1, -0.05) is 107 Å². The number of allylic oxidation sites excluding steroid dienone is 8. The minimum Gasteiger partial charge on any atom is -0.0955 e. The molecule has 0 amide bonds. The minimum atomic E-state index is -0.127. The first-order chi connectivity index (χ1) is 19.2. The summed E-state index contributed by atoms with van der Waals surface area (Å²) in [7, 11) is 0. The average molecular weight is 543 g/mol. The number of benzene rings is 2. The number of aryl methyl sites for hydroxylation is 2. The predicted molar refractivity (Wildman–Crippen MR) is 181 cm³/mol. The van der Waals surface area contributed by atoms with Crippen LogP contribution in [0, 0.1) is 23.2 Å². The Bertz CT molecular complexity index is 1600. The molecule has 3 atom stereocenters. The summed E-state index contributed by atoms with van der Waals surface area (Å²) in [5, 5.41) is 0. The van der Waals surface area contributed by atoms with E-state index in [0.717, 1.165) is 37.7 Å². The zero-order valence-corrected chi connectivity index (χ0v) is 27.2. The maximum absolute atomic E-state index is 4.87. The Balaban J connectivity index is 1.73. The topological polar surface area (TPSA) is 0 Å². The van der Waals surface area contributed by atoms with E-state index in [1.807, 2.05) is 0 Å². The Morgan fingerprint density at radius 3 is 2.32 bits per heavy atom. The summed E-state index contributed by atoms with van der Waals surface area (Å²) in [6.07, 6.45) is 9.91. The van der Waals surface area contributed by atoms with Crippen LogP contribution in [0.1, 0.15) is 102 Å². The Morgan fingerprint density at radius 1 is 0.976 bits per heavy atom. The van der Waals surface area contributed by atoms with Crippen molar-refractivity contribution in [3.8, 4) is 11.1 Å². The maximum Gasteiger partial charge on any atom is 0.0194 e. The van der Waals surface area contributed by atoms with Crippen LogP contribution in [0.25, 0.3) is 22.8 Å². The molecular weight excluding hydrogens is 492 g/mol. The van der Waals surface area contributed by atoms with Crippen molar-refractivity contribution in [2.24, 2.45) is 16.2 Å². The molecule has 0 N–H and O–H groups in total. The van der Waals surface area contributed by atoms with Crippen molar-refractivity contribution in [2.75, 3.05) is 0 Å². The quantitative estimate of drug-likeness (QED) is 0.352. The molecule has 0 radical (unpaired) electrons. The second kappa shape index (κ2) is 10.0. The molecule has 0 saturated carbocycles. The lowest BCUT2D eigenvalue weighted by Crippen LogP contribution is -2.52. The largest absolute Gasteiger partial charge is 0.0955 e. The highest BCUT2D eigenvalue weighted by atomic mass is 14.6. The van der Waals surface area contributed by atoms with Crippen LogP contribution in [0.2, 0.25) is 0 Å². The lowest BCUT2D eigenvalue weighted by molar-refractivity contribution is 0.0544. The highest BCUT2D eigenvalue weighted by Crippen LogP contribution is 2.70. The third kappa shape index (κ3) is 4.16. The van der Waals surface area contributed by atoms with E-state index >= 15 is 0 Å². The molecule has 0 spiro atoms. The van der Waals surface area contributed by atoms with E-state index in [0.29, 0.717) is 0 Å². The zero-order valence-electron chi connectivity index (χ0n) is 27.2. The molecule has 3 aliphatic rings. The Hall–Kier alpha value is -3.12. The predicted octanol–water partition coefficient (Wildman–Crippen LogP) is 11.8. The van der Waals surface area contributed by atoms with Gasteiger partial charge in [0.05, 0.1) is 0 Å². The number of hydrogen-bond acceptors (Lipinski definition) is 0. The lowest BCUT2D eigenvalue weighted by atomic mass is 9.41. The molecule has 0 saturated heterocycles. The standard InChI is InChI=1S/C41H50/c1-13-15-16-32-21-33(19-18-31(32)14-2)34-20-17-26(5)37-28(7)38-30(9)41(12)29(8)36(25(3)4)27(6)22-40(41,11)24-39(38,10)23-35(34)37/h15-21H,3,7-8,13-14,22-24H2,1-2,4-6,9-12H3/b16-15+/t39-,40+,41-/m1/s1. The minimum absolute atomic E-state index is 0.0144. The van der Waals surface area contributed by atoms with Crippen LogP contribution in [0.5, 0.6) is 0 Å². The van der Waals surface area contributed by atoms with Gasteiger partial charge in [-0.2, -0.15) is 0 Å². The van der Waals surface area contributed by atoms with Crippen LogP contribution in [0.15, 0.2) is 89.6 Å². The molecule has 2 aromatic carbocycles. The summed E-state index contributed by atoms with van der Waals surface area (Å²) in [6.45, 7) is 35.1. The van der Waals surface area contributed by atoms with Gasteiger partial charge in [0.25, 0.3) is 0 Å². The van der Waals surface area contributed by atoms with E-state index in [2.05, 4.69) is 111 Å². The number of rotatable bonds is 5. The molecule has 41 heavy (non-hydrogen) atoms. The molecule has 0 nitrogen and oxygen atoms in total. The normalized spacial score (nSPS) is 27.7. The third-order valence-electron chi connectivity index (χ3n) is 11.2. The molecule has 2 aromatic rings. The molecule has 0 bridgehead atoms. The van der Waals surface area contributed by atoms with E-state index in [1.165, 1.54) is 72.4 Å². The second-order valence-corrected chi connectivity index (χ2v) is 14.0. The molecule has 0 fully saturated rings. The van der Waals surface area contributed by atoms with Crippen molar-refractivity contribution in [1.29, 1.82) is 0 Å². The third-order valence-corrected chi connectivity index (χ3v) is 11.2. The first-order valence-corrected chi connectivity index (χ1v) is 15.6. The van der Waals surface area contributed by atoms with Gasteiger partial charge < -0.3 is 0 Å². The fourth-order valence-corrected chi connectivity index (χ4v) is 9.29. The summed E-state index contributed by atoms with van der Waals surface area (Å²) >= 11 is 0. The number of hydrogen-bond donors (Lipinski definition) is 0. The highest BCUT2D eigenvalue weighted by molar-refractivity contribution is 5.90. The smallest absolute Gasteiger partial charge is 0.0194 e. The van der Waals surface area contributed by atoms with Crippen LogP contribution >= 0.6 is 0 Å². The molecule has 0 aromatic heterocycles. The monoisotopic (exact) mass is 542 g/mol. The Kier molecular flexibility index (Phi) is 7.17. The molecule has 5 rings (SSSR count).